The number of anilines is 2. The Hall–Kier alpha value is -2.81. The number of para-hydroxylation sites is 2. The molecule has 1 amide bonds. The lowest BCUT2D eigenvalue weighted by molar-refractivity contribution is -0.111. The van der Waals surface area contributed by atoms with Gasteiger partial charge in [-0.25, -0.2) is 0 Å². The molecule has 1 unspecified atom stereocenters. The zero-order valence-electron chi connectivity index (χ0n) is 12.4. The van der Waals surface area contributed by atoms with E-state index in [1.54, 1.807) is 6.08 Å². The first-order chi connectivity index (χ1) is 10.7. The second-order valence-electron chi connectivity index (χ2n) is 5.23. The first-order valence-electron chi connectivity index (χ1n) is 7.28. The fourth-order valence-electron chi connectivity index (χ4n) is 2.53. The van der Waals surface area contributed by atoms with E-state index in [2.05, 4.69) is 34.5 Å². The number of carbonyl (C=O) groups excluding carboxylic acids is 1. The van der Waals surface area contributed by atoms with E-state index in [1.807, 2.05) is 55.6 Å². The minimum atomic E-state index is -0.119. The van der Waals surface area contributed by atoms with Gasteiger partial charge in [0.25, 0.3) is 0 Å². The van der Waals surface area contributed by atoms with Crippen molar-refractivity contribution < 1.29 is 4.79 Å². The van der Waals surface area contributed by atoms with Gasteiger partial charge in [0.1, 0.15) is 0 Å². The molecule has 2 aromatic rings. The minimum absolute atomic E-state index is 0.0800. The van der Waals surface area contributed by atoms with Crippen molar-refractivity contribution in [1.29, 1.82) is 0 Å². The van der Waals surface area contributed by atoms with Crippen molar-refractivity contribution in [2.75, 3.05) is 17.3 Å². The molecule has 0 bridgehead atoms. The average molecular weight is 290 g/mol. The van der Waals surface area contributed by atoms with Crippen LogP contribution >= 0.6 is 0 Å². The number of fused-ring (bicyclic) bond motifs is 1. The summed E-state index contributed by atoms with van der Waals surface area (Å²) >= 11 is 0. The third-order valence-electron chi connectivity index (χ3n) is 3.72. The van der Waals surface area contributed by atoms with E-state index in [-0.39, 0.29) is 11.9 Å². The maximum absolute atomic E-state index is 12.0. The summed E-state index contributed by atoms with van der Waals surface area (Å²) in [7, 11) is 2.03. The lowest BCUT2D eigenvalue weighted by Crippen LogP contribution is -2.30. The number of likely N-dealkylation sites (N-methyl/N-ethyl adjacent to an activating group) is 1. The number of rotatable bonds is 3. The third-order valence-corrected chi connectivity index (χ3v) is 3.72. The Morgan fingerprint density at radius 3 is 2.64 bits per heavy atom. The van der Waals surface area contributed by atoms with E-state index in [0.717, 1.165) is 5.69 Å². The standard InChI is InChI=1S/C19H18N2O/c1-21-17(12-11-15-7-5-6-10-18(15)21)13-14-19(22)20-16-8-3-2-4-9-16/h2-14,17H,1H3,(H,20,22)/b14-13+. The molecule has 0 radical (unpaired) electrons. The summed E-state index contributed by atoms with van der Waals surface area (Å²) in [5.74, 6) is -0.119. The molecule has 3 nitrogen and oxygen atoms in total. The smallest absolute Gasteiger partial charge is 0.248 e. The lowest BCUT2D eigenvalue weighted by atomic mass is 10.0. The Balaban J connectivity index is 1.68. The van der Waals surface area contributed by atoms with Gasteiger partial charge in [-0.05, 0) is 23.8 Å². The van der Waals surface area contributed by atoms with Crippen molar-refractivity contribution in [1.82, 2.24) is 0 Å². The molecule has 0 saturated heterocycles. The number of nitrogens with zero attached hydrogens (tertiary/aromatic N) is 1. The lowest BCUT2D eigenvalue weighted by Gasteiger charge is -2.30. The van der Waals surface area contributed by atoms with Gasteiger partial charge in [-0.3, -0.25) is 4.79 Å². The number of amides is 1. The highest BCUT2D eigenvalue weighted by Gasteiger charge is 2.16. The van der Waals surface area contributed by atoms with Crippen LogP contribution in [0, 0.1) is 0 Å². The Bertz CT molecular complexity index is 719. The quantitative estimate of drug-likeness (QED) is 0.874. The van der Waals surface area contributed by atoms with Gasteiger partial charge >= 0.3 is 0 Å². The molecule has 22 heavy (non-hydrogen) atoms. The molecule has 1 aliphatic heterocycles. The van der Waals surface area contributed by atoms with Crippen molar-refractivity contribution >= 4 is 23.4 Å². The van der Waals surface area contributed by atoms with E-state index in [4.69, 9.17) is 0 Å². The van der Waals surface area contributed by atoms with Crippen LogP contribution in [0.1, 0.15) is 5.56 Å². The summed E-state index contributed by atoms with van der Waals surface area (Å²) in [6, 6.07) is 17.8. The molecule has 110 valence electrons. The fraction of sp³-hybridized carbons (Fsp3) is 0.105. The summed E-state index contributed by atoms with van der Waals surface area (Å²) < 4.78 is 0. The zero-order valence-corrected chi connectivity index (χ0v) is 12.4. The largest absolute Gasteiger partial charge is 0.364 e. The molecule has 1 aliphatic rings. The Morgan fingerprint density at radius 1 is 1.09 bits per heavy atom. The number of hydrogen-bond donors (Lipinski definition) is 1. The van der Waals surface area contributed by atoms with Gasteiger partial charge in [-0.15, -0.1) is 0 Å². The molecule has 0 spiro atoms. The van der Waals surface area contributed by atoms with Gasteiger partial charge in [0.05, 0.1) is 6.04 Å². The van der Waals surface area contributed by atoms with E-state index in [1.165, 1.54) is 11.3 Å². The summed E-state index contributed by atoms with van der Waals surface area (Å²) in [6.45, 7) is 0. The van der Waals surface area contributed by atoms with Crippen molar-refractivity contribution in [3.63, 3.8) is 0 Å². The highest BCUT2D eigenvalue weighted by Crippen LogP contribution is 2.27. The highest BCUT2D eigenvalue weighted by atomic mass is 16.1. The molecule has 1 heterocycles. The number of nitrogens with one attached hydrogen (secondary N) is 1. The molecule has 3 heteroatoms. The normalized spacial score (nSPS) is 16.6. The molecule has 3 rings (SSSR count). The second-order valence-corrected chi connectivity index (χ2v) is 5.23. The number of benzene rings is 2. The first-order valence-corrected chi connectivity index (χ1v) is 7.28. The van der Waals surface area contributed by atoms with Crippen LogP contribution in [0.25, 0.3) is 6.08 Å². The van der Waals surface area contributed by atoms with Crippen LogP contribution in [0.5, 0.6) is 0 Å². The maximum atomic E-state index is 12.0. The minimum Gasteiger partial charge on any atom is -0.364 e. The topological polar surface area (TPSA) is 32.3 Å². The molecule has 0 fully saturated rings. The van der Waals surface area contributed by atoms with Crippen molar-refractivity contribution in [3.8, 4) is 0 Å². The predicted octanol–water partition coefficient (Wildman–Crippen LogP) is 3.71. The van der Waals surface area contributed by atoms with Crippen LogP contribution < -0.4 is 10.2 Å². The molecule has 0 aliphatic carbocycles. The molecular formula is C19H18N2O. The van der Waals surface area contributed by atoms with Crippen LogP contribution in [0.4, 0.5) is 11.4 Å². The zero-order chi connectivity index (χ0) is 15.4. The number of hydrogen-bond acceptors (Lipinski definition) is 2. The Labute approximate surface area is 130 Å². The van der Waals surface area contributed by atoms with Gasteiger partial charge in [0.2, 0.25) is 5.91 Å². The third kappa shape index (κ3) is 3.09. The fourth-order valence-corrected chi connectivity index (χ4v) is 2.53. The Kier molecular flexibility index (Phi) is 4.05. The molecular weight excluding hydrogens is 272 g/mol. The summed E-state index contributed by atoms with van der Waals surface area (Å²) in [4.78, 5) is 14.1. The average Bonchev–Trinajstić information content (AvgIpc) is 2.55. The first kappa shape index (κ1) is 14.1. The predicted molar refractivity (Wildman–Crippen MR) is 91.9 cm³/mol. The second kappa shape index (κ2) is 6.31. The van der Waals surface area contributed by atoms with Crippen LogP contribution in [-0.4, -0.2) is 19.0 Å². The van der Waals surface area contributed by atoms with Gasteiger partial charge in [0, 0.05) is 24.5 Å². The molecule has 0 aromatic heterocycles. The number of carbonyl (C=O) groups is 1. The van der Waals surface area contributed by atoms with E-state index < -0.39 is 0 Å². The Morgan fingerprint density at radius 2 is 1.82 bits per heavy atom. The SMILES string of the molecule is CN1c2ccccc2C=CC1/C=C/C(=O)Nc1ccccc1. The molecule has 1 N–H and O–H groups in total. The highest BCUT2D eigenvalue weighted by molar-refractivity contribution is 5.99. The summed E-state index contributed by atoms with van der Waals surface area (Å²) in [5, 5.41) is 2.85. The molecule has 2 aromatic carbocycles. The van der Waals surface area contributed by atoms with Crippen LogP contribution in [0.15, 0.2) is 72.8 Å². The molecule has 0 saturated carbocycles. The van der Waals surface area contributed by atoms with Crippen molar-refractivity contribution in [3.05, 3.63) is 78.4 Å². The van der Waals surface area contributed by atoms with Crippen LogP contribution in [0.2, 0.25) is 0 Å². The van der Waals surface area contributed by atoms with Crippen molar-refractivity contribution in [2.45, 2.75) is 6.04 Å². The van der Waals surface area contributed by atoms with Crippen LogP contribution in [-0.2, 0) is 4.79 Å². The van der Waals surface area contributed by atoms with Gasteiger partial charge in [-0.1, -0.05) is 54.6 Å². The van der Waals surface area contributed by atoms with Crippen LogP contribution in [0.3, 0.4) is 0 Å². The molecule has 1 atom stereocenters. The monoisotopic (exact) mass is 290 g/mol. The van der Waals surface area contributed by atoms with E-state index >= 15 is 0 Å². The maximum Gasteiger partial charge on any atom is 0.248 e. The summed E-state index contributed by atoms with van der Waals surface area (Å²) in [5.41, 5.74) is 3.17. The van der Waals surface area contributed by atoms with Crippen molar-refractivity contribution in [2.24, 2.45) is 0 Å². The van der Waals surface area contributed by atoms with Gasteiger partial charge in [0.15, 0.2) is 0 Å². The van der Waals surface area contributed by atoms with E-state index in [9.17, 15) is 4.79 Å². The van der Waals surface area contributed by atoms with Gasteiger partial charge in [-0.2, -0.15) is 0 Å². The summed E-state index contributed by atoms with van der Waals surface area (Å²) in [6.07, 6.45) is 7.69. The van der Waals surface area contributed by atoms with E-state index in [0.29, 0.717) is 0 Å². The van der Waals surface area contributed by atoms with Gasteiger partial charge < -0.3 is 10.2 Å².